The third-order valence-electron chi connectivity index (χ3n) is 6.62. The second kappa shape index (κ2) is 4.97. The van der Waals surface area contributed by atoms with Crippen LogP contribution in [-0.2, 0) is 5.41 Å². The molecule has 1 heteroatoms. The summed E-state index contributed by atoms with van der Waals surface area (Å²) in [5.41, 5.74) is 8.34. The van der Waals surface area contributed by atoms with Crippen LogP contribution in [0.5, 0.6) is 0 Å². The summed E-state index contributed by atoms with van der Waals surface area (Å²) < 4.78 is 0. The van der Waals surface area contributed by atoms with Gasteiger partial charge in [0.2, 0.25) is 0 Å². The van der Waals surface area contributed by atoms with Crippen molar-refractivity contribution in [2.45, 2.75) is 72.1 Å². The fourth-order valence-corrected chi connectivity index (χ4v) is 7.98. The fourth-order valence-electron chi connectivity index (χ4n) is 6.47. The molecular formula is C23H34Si. The van der Waals surface area contributed by atoms with Crippen LogP contribution in [0.25, 0.3) is 12.2 Å². The van der Waals surface area contributed by atoms with Crippen molar-refractivity contribution in [1.82, 2.24) is 0 Å². The van der Waals surface area contributed by atoms with Gasteiger partial charge in [-0.1, -0.05) is 83.8 Å². The van der Waals surface area contributed by atoms with Crippen molar-refractivity contribution >= 4 is 20.2 Å². The molecule has 0 unspecified atom stereocenters. The summed E-state index contributed by atoms with van der Waals surface area (Å²) in [4.78, 5) is 0. The Morgan fingerprint density at radius 3 is 2.12 bits per heavy atom. The third-order valence-corrected chi connectivity index (χ3v) is 8.06. The van der Waals surface area contributed by atoms with E-state index in [0.29, 0.717) is 10.8 Å². The van der Waals surface area contributed by atoms with Crippen LogP contribution in [0.2, 0.25) is 25.7 Å². The summed E-state index contributed by atoms with van der Waals surface area (Å²) in [6, 6.07) is 6.01. The summed E-state index contributed by atoms with van der Waals surface area (Å²) in [6.07, 6.45) is 5.87. The van der Waals surface area contributed by atoms with E-state index in [2.05, 4.69) is 79.0 Å². The molecule has 2 aliphatic carbocycles. The first-order valence-corrected chi connectivity index (χ1v) is 13.1. The predicted octanol–water partition coefficient (Wildman–Crippen LogP) is 7.07. The molecule has 1 aromatic rings. The van der Waals surface area contributed by atoms with Gasteiger partial charge in [-0.3, -0.25) is 0 Å². The monoisotopic (exact) mass is 338 g/mol. The second-order valence-corrected chi connectivity index (χ2v) is 16.0. The first-order valence-electron chi connectivity index (χ1n) is 9.35. The van der Waals surface area contributed by atoms with Crippen molar-refractivity contribution in [3.05, 3.63) is 46.5 Å². The maximum atomic E-state index is 4.01. The highest BCUT2D eigenvalue weighted by atomic mass is 28.3. The lowest BCUT2D eigenvalue weighted by Crippen LogP contribution is -2.64. The summed E-state index contributed by atoms with van der Waals surface area (Å²) in [5, 5.41) is 0. The van der Waals surface area contributed by atoms with Crippen LogP contribution in [0, 0.1) is 17.8 Å². The first-order chi connectivity index (χ1) is 10.9. The summed E-state index contributed by atoms with van der Waals surface area (Å²) >= 11 is 0. The van der Waals surface area contributed by atoms with Crippen LogP contribution < -0.4 is 0 Å². The van der Waals surface area contributed by atoms with Gasteiger partial charge in [0.1, 0.15) is 0 Å². The summed E-state index contributed by atoms with van der Waals surface area (Å²) in [6.45, 7) is 23.8. The molecule has 0 saturated heterocycles. The van der Waals surface area contributed by atoms with Crippen molar-refractivity contribution in [1.29, 1.82) is 0 Å². The molecule has 1 fully saturated rings. The highest BCUT2D eigenvalue weighted by Crippen LogP contribution is 2.74. The van der Waals surface area contributed by atoms with Crippen LogP contribution in [0.1, 0.15) is 56.4 Å². The Hall–Kier alpha value is -1.08. The number of fused-ring (bicyclic) bond motifs is 2. The molecule has 130 valence electrons. The topological polar surface area (TPSA) is 0 Å². The zero-order valence-corrected chi connectivity index (χ0v) is 17.9. The molecule has 1 saturated carbocycles. The lowest BCUT2D eigenvalue weighted by Gasteiger charge is -2.68. The quantitative estimate of drug-likeness (QED) is 0.517. The Labute approximate surface area is 150 Å². The molecule has 0 bridgehead atoms. The van der Waals surface area contributed by atoms with Gasteiger partial charge in [-0.2, -0.15) is 0 Å². The maximum absolute atomic E-state index is 4.01. The normalized spacial score (nSPS) is 22.8. The van der Waals surface area contributed by atoms with Crippen LogP contribution in [0.15, 0.2) is 24.3 Å². The molecule has 0 radical (unpaired) electrons. The Bertz CT molecular complexity index is 724. The van der Waals surface area contributed by atoms with Crippen molar-refractivity contribution < 1.29 is 0 Å². The van der Waals surface area contributed by atoms with Crippen LogP contribution in [-0.4, -0.2) is 8.07 Å². The van der Waals surface area contributed by atoms with Crippen molar-refractivity contribution in [3.63, 3.8) is 0 Å². The summed E-state index contributed by atoms with van der Waals surface area (Å²) in [5.74, 6) is 0. The average molecular weight is 339 g/mol. The molecule has 24 heavy (non-hydrogen) atoms. The lowest BCUT2D eigenvalue weighted by atomic mass is 9.35. The molecule has 0 aliphatic heterocycles. The highest BCUT2D eigenvalue weighted by molar-refractivity contribution is 6.76. The number of hydrogen-bond acceptors (Lipinski definition) is 0. The Morgan fingerprint density at radius 1 is 1.08 bits per heavy atom. The van der Waals surface area contributed by atoms with Crippen LogP contribution in [0.3, 0.4) is 0 Å². The minimum Gasteiger partial charge on any atom is -0.0985 e. The Kier molecular flexibility index (Phi) is 3.67. The van der Waals surface area contributed by atoms with Gasteiger partial charge in [-0.15, -0.1) is 0 Å². The number of allylic oxidation sites excluding steroid dienone is 1. The van der Waals surface area contributed by atoms with E-state index in [4.69, 9.17) is 0 Å². The molecular weight excluding hydrogens is 304 g/mol. The predicted molar refractivity (Wildman–Crippen MR) is 111 cm³/mol. The van der Waals surface area contributed by atoms with E-state index in [0.717, 1.165) is 0 Å². The standard InChI is InChI=1S/C23H34Si/c1-10-17-11-12-20-19(16(17)2)13-18(14-24(7,8)9)23(20)21(3,4)15-22(23,5)6/h10-13H,1,14-15H2,2-9H3. The second-order valence-electron chi connectivity index (χ2n) is 10.5. The third kappa shape index (κ3) is 2.10. The van der Waals surface area contributed by atoms with Gasteiger partial charge in [-0.05, 0) is 52.5 Å². The minimum absolute atomic E-state index is 0.208. The number of hydrogen-bond donors (Lipinski definition) is 0. The van der Waals surface area contributed by atoms with E-state index >= 15 is 0 Å². The van der Waals surface area contributed by atoms with Crippen molar-refractivity contribution in [3.8, 4) is 0 Å². The van der Waals surface area contributed by atoms with E-state index in [1.807, 2.05) is 6.08 Å². The summed E-state index contributed by atoms with van der Waals surface area (Å²) in [7, 11) is -1.19. The van der Waals surface area contributed by atoms with E-state index in [-0.39, 0.29) is 5.41 Å². The fraction of sp³-hybridized carbons (Fsp3) is 0.565. The molecule has 0 heterocycles. The van der Waals surface area contributed by atoms with Crippen molar-refractivity contribution in [2.75, 3.05) is 0 Å². The Balaban J connectivity index is 2.30. The molecule has 0 N–H and O–H groups in total. The SMILES string of the molecule is C=Cc1ccc2c(c1C)C=C(C[Si](C)(C)C)C21C(C)(C)CC1(C)C. The van der Waals surface area contributed by atoms with E-state index in [1.165, 1.54) is 29.2 Å². The van der Waals surface area contributed by atoms with Crippen molar-refractivity contribution in [2.24, 2.45) is 10.8 Å². The molecule has 1 aromatic carbocycles. The van der Waals surface area contributed by atoms with Gasteiger partial charge in [-0.25, -0.2) is 0 Å². The largest absolute Gasteiger partial charge is 0.0985 e. The number of rotatable bonds is 3. The molecule has 2 aliphatic rings. The van der Waals surface area contributed by atoms with Crippen LogP contribution in [0.4, 0.5) is 0 Å². The maximum Gasteiger partial charge on any atom is 0.0483 e. The molecule has 0 nitrogen and oxygen atoms in total. The van der Waals surface area contributed by atoms with Gasteiger partial charge >= 0.3 is 0 Å². The molecule has 3 rings (SSSR count). The number of benzene rings is 1. The van der Waals surface area contributed by atoms with E-state index < -0.39 is 8.07 Å². The Morgan fingerprint density at radius 2 is 1.67 bits per heavy atom. The molecule has 0 aromatic heterocycles. The van der Waals surface area contributed by atoms with E-state index in [1.54, 1.807) is 11.1 Å². The smallest absolute Gasteiger partial charge is 0.0483 e. The van der Waals surface area contributed by atoms with Gasteiger partial charge < -0.3 is 0 Å². The van der Waals surface area contributed by atoms with E-state index in [9.17, 15) is 0 Å². The van der Waals surface area contributed by atoms with Gasteiger partial charge in [0.05, 0.1) is 0 Å². The highest BCUT2D eigenvalue weighted by Gasteiger charge is 2.69. The minimum atomic E-state index is -1.19. The molecule has 0 amide bonds. The van der Waals surface area contributed by atoms with Gasteiger partial charge in [0.15, 0.2) is 0 Å². The van der Waals surface area contributed by atoms with Gasteiger partial charge in [0.25, 0.3) is 0 Å². The lowest BCUT2D eigenvalue weighted by molar-refractivity contribution is -0.0889. The zero-order chi connectivity index (χ0) is 18.1. The molecule has 1 spiro atoms. The first kappa shape index (κ1) is 17.7. The average Bonchev–Trinajstić information content (AvgIpc) is 2.73. The van der Waals surface area contributed by atoms with Crippen LogP contribution >= 0.6 is 0 Å². The van der Waals surface area contributed by atoms with Gasteiger partial charge in [0, 0.05) is 13.5 Å². The molecule has 0 atom stereocenters. The zero-order valence-electron chi connectivity index (χ0n) is 16.9.